The first-order valence-corrected chi connectivity index (χ1v) is 11.0. The molecule has 10 heteroatoms. The number of nitrogens with zero attached hydrogens (tertiary/aromatic N) is 2. The first-order chi connectivity index (χ1) is 16.5. The number of aryl methyl sites for hydroxylation is 1. The van der Waals surface area contributed by atoms with Gasteiger partial charge >= 0.3 is 18.2 Å². The summed E-state index contributed by atoms with van der Waals surface area (Å²) in [6, 6.07) is 11.6. The van der Waals surface area contributed by atoms with Crippen LogP contribution in [0.4, 0.5) is 9.59 Å². The number of pyridine rings is 2. The highest BCUT2D eigenvalue weighted by Gasteiger charge is 2.25. The Bertz CT molecular complexity index is 1400. The van der Waals surface area contributed by atoms with Crippen molar-refractivity contribution < 1.29 is 28.6 Å². The van der Waals surface area contributed by atoms with Crippen LogP contribution in [0.25, 0.3) is 22.3 Å². The molecule has 0 saturated heterocycles. The van der Waals surface area contributed by atoms with Crippen molar-refractivity contribution in [3.05, 3.63) is 63.4 Å². The molecule has 1 N–H and O–H groups in total. The topological polar surface area (TPSA) is 126 Å². The molecule has 1 aliphatic heterocycles. The Morgan fingerprint density at radius 1 is 1.14 bits per heavy atom. The van der Waals surface area contributed by atoms with Crippen molar-refractivity contribution in [3.63, 3.8) is 0 Å². The van der Waals surface area contributed by atoms with Crippen LogP contribution in [0.1, 0.15) is 37.5 Å². The third-order valence-electron chi connectivity index (χ3n) is 5.30. The van der Waals surface area contributed by atoms with Crippen molar-refractivity contribution in [2.75, 3.05) is 6.54 Å². The molecule has 0 saturated carbocycles. The normalized spacial score (nSPS) is 12.0. The summed E-state index contributed by atoms with van der Waals surface area (Å²) in [5.74, 6) is -1.03. The number of ether oxygens (including phenoxy) is 3. The van der Waals surface area contributed by atoms with Crippen LogP contribution in [-0.4, -0.2) is 39.9 Å². The van der Waals surface area contributed by atoms with Crippen molar-refractivity contribution in [2.24, 2.45) is 0 Å². The molecule has 1 aromatic carbocycles. The number of hydrogen-bond donors (Lipinski definition) is 1. The highest BCUT2D eigenvalue weighted by Crippen LogP contribution is 2.32. The quantitative estimate of drug-likeness (QED) is 0.349. The molecular weight excluding hydrogens is 454 g/mol. The summed E-state index contributed by atoms with van der Waals surface area (Å²) >= 11 is 0. The van der Waals surface area contributed by atoms with E-state index in [1.807, 2.05) is 36.4 Å². The van der Waals surface area contributed by atoms with Gasteiger partial charge in [-0.05, 0) is 51.5 Å². The summed E-state index contributed by atoms with van der Waals surface area (Å²) < 4.78 is 16.1. The van der Waals surface area contributed by atoms with Crippen molar-refractivity contribution >= 4 is 29.1 Å². The largest absolute Gasteiger partial charge is 0.516 e. The van der Waals surface area contributed by atoms with E-state index >= 15 is 0 Å². The minimum atomic E-state index is -1.28. The Balaban J connectivity index is 1.40. The molecule has 3 aromatic rings. The van der Waals surface area contributed by atoms with Crippen LogP contribution in [-0.2, 0) is 32.2 Å². The molecule has 0 atom stereocenters. The predicted octanol–water partition coefficient (Wildman–Crippen LogP) is 3.44. The minimum absolute atomic E-state index is 0.266. The molecule has 0 bridgehead atoms. The monoisotopic (exact) mass is 479 g/mol. The van der Waals surface area contributed by atoms with Gasteiger partial charge in [0.1, 0.15) is 18.8 Å². The van der Waals surface area contributed by atoms with E-state index in [0.29, 0.717) is 17.8 Å². The molecule has 182 valence electrons. The van der Waals surface area contributed by atoms with Gasteiger partial charge in [-0.3, -0.25) is 4.79 Å². The van der Waals surface area contributed by atoms with Gasteiger partial charge < -0.3 is 24.1 Å². The average Bonchev–Trinajstić information content (AvgIpc) is 3.12. The number of benzene rings is 1. The molecule has 3 heterocycles. The van der Waals surface area contributed by atoms with E-state index in [2.05, 4.69) is 10.1 Å². The Labute approximate surface area is 200 Å². The Hall–Kier alpha value is -4.21. The lowest BCUT2D eigenvalue weighted by atomic mass is 10.1. The standard InChI is InChI=1S/C25H25N3O7/c1-14-9-19-21-16(10-15-7-5-6-8-18(15)27-21)12-28(19)22(30)17(14)13-33-24(32)34-20(29)11-26-23(31)35-25(2,3)4/h5-10H,11-13H2,1-4H3,(H,26,31). The maximum Gasteiger partial charge on any atom is 0.516 e. The van der Waals surface area contributed by atoms with E-state index in [9.17, 15) is 19.2 Å². The summed E-state index contributed by atoms with van der Waals surface area (Å²) in [6.07, 6.45) is -2.10. The molecule has 1 aliphatic rings. The van der Waals surface area contributed by atoms with Crippen LogP contribution in [0.3, 0.4) is 0 Å². The lowest BCUT2D eigenvalue weighted by Gasteiger charge is -2.19. The minimum Gasteiger partial charge on any atom is -0.444 e. The van der Waals surface area contributed by atoms with Crippen LogP contribution in [0.15, 0.2) is 41.2 Å². The fraction of sp³-hybridized carbons (Fsp3) is 0.320. The second kappa shape index (κ2) is 9.21. The van der Waals surface area contributed by atoms with Gasteiger partial charge in [-0.25, -0.2) is 19.4 Å². The number of carbonyl (C=O) groups excluding carboxylic acids is 3. The van der Waals surface area contributed by atoms with E-state index < -0.39 is 30.4 Å². The molecule has 0 aliphatic carbocycles. The van der Waals surface area contributed by atoms with Gasteiger partial charge in [0.25, 0.3) is 5.56 Å². The van der Waals surface area contributed by atoms with Crippen LogP contribution in [0.5, 0.6) is 0 Å². The summed E-state index contributed by atoms with van der Waals surface area (Å²) in [5.41, 5.74) is 3.05. The van der Waals surface area contributed by atoms with Crippen LogP contribution in [0, 0.1) is 6.92 Å². The van der Waals surface area contributed by atoms with E-state index in [1.165, 1.54) is 0 Å². The second-order valence-electron chi connectivity index (χ2n) is 9.14. The highest BCUT2D eigenvalue weighted by atomic mass is 16.7. The highest BCUT2D eigenvalue weighted by molar-refractivity contribution is 5.85. The van der Waals surface area contributed by atoms with Crippen molar-refractivity contribution in [2.45, 2.75) is 46.4 Å². The molecular formula is C25H25N3O7. The average molecular weight is 479 g/mol. The number of para-hydroxylation sites is 1. The summed E-state index contributed by atoms with van der Waals surface area (Å²) in [7, 11) is 0. The van der Waals surface area contributed by atoms with Crippen molar-refractivity contribution in [1.29, 1.82) is 0 Å². The van der Waals surface area contributed by atoms with Crippen LogP contribution >= 0.6 is 0 Å². The number of fused-ring (bicyclic) bond motifs is 4. The van der Waals surface area contributed by atoms with Gasteiger partial charge in [0.2, 0.25) is 0 Å². The van der Waals surface area contributed by atoms with Gasteiger partial charge in [-0.2, -0.15) is 0 Å². The van der Waals surface area contributed by atoms with E-state index in [-0.39, 0.29) is 17.7 Å². The number of esters is 1. The maximum absolute atomic E-state index is 13.1. The molecule has 35 heavy (non-hydrogen) atoms. The van der Waals surface area contributed by atoms with Gasteiger partial charge in [0.15, 0.2) is 0 Å². The summed E-state index contributed by atoms with van der Waals surface area (Å²) in [6.45, 7) is 6.15. The number of aromatic nitrogens is 2. The van der Waals surface area contributed by atoms with Crippen LogP contribution in [0.2, 0.25) is 0 Å². The first kappa shape index (κ1) is 23.9. The molecule has 0 spiro atoms. The Morgan fingerprint density at radius 3 is 2.63 bits per heavy atom. The predicted molar refractivity (Wildman–Crippen MR) is 126 cm³/mol. The number of nitrogens with one attached hydrogen (secondary N) is 1. The van der Waals surface area contributed by atoms with Gasteiger partial charge in [0.05, 0.1) is 29.0 Å². The zero-order valence-corrected chi connectivity index (χ0v) is 19.8. The lowest BCUT2D eigenvalue weighted by molar-refractivity contribution is -0.139. The fourth-order valence-electron chi connectivity index (χ4n) is 3.76. The SMILES string of the molecule is Cc1cc2n(c(=O)c1COC(=O)OC(=O)CNC(=O)OC(C)(C)C)Cc1cc3ccccc3nc1-2. The smallest absolute Gasteiger partial charge is 0.444 e. The number of amides is 1. The van der Waals surface area contributed by atoms with E-state index in [1.54, 1.807) is 32.3 Å². The summed E-state index contributed by atoms with van der Waals surface area (Å²) in [4.78, 5) is 53.2. The van der Waals surface area contributed by atoms with Crippen molar-refractivity contribution in [3.8, 4) is 11.4 Å². The third kappa shape index (κ3) is 5.32. The molecule has 0 radical (unpaired) electrons. The van der Waals surface area contributed by atoms with E-state index in [0.717, 1.165) is 22.2 Å². The van der Waals surface area contributed by atoms with Gasteiger partial charge in [0, 0.05) is 10.9 Å². The Morgan fingerprint density at radius 2 is 1.89 bits per heavy atom. The second-order valence-corrected chi connectivity index (χ2v) is 9.14. The number of alkyl carbamates (subject to hydrolysis) is 1. The van der Waals surface area contributed by atoms with E-state index in [4.69, 9.17) is 14.5 Å². The number of hydrogen-bond acceptors (Lipinski definition) is 8. The van der Waals surface area contributed by atoms with Crippen LogP contribution < -0.4 is 10.9 Å². The number of carbonyl (C=O) groups is 3. The third-order valence-corrected chi connectivity index (χ3v) is 5.30. The zero-order valence-electron chi connectivity index (χ0n) is 19.8. The number of rotatable bonds is 4. The maximum atomic E-state index is 13.1. The fourth-order valence-corrected chi connectivity index (χ4v) is 3.76. The molecule has 2 aromatic heterocycles. The zero-order chi connectivity index (χ0) is 25.3. The molecule has 0 unspecified atom stereocenters. The van der Waals surface area contributed by atoms with Gasteiger partial charge in [-0.15, -0.1) is 0 Å². The molecule has 0 fully saturated rings. The summed E-state index contributed by atoms with van der Waals surface area (Å²) in [5, 5.41) is 3.17. The molecule has 1 amide bonds. The first-order valence-electron chi connectivity index (χ1n) is 11.0. The van der Waals surface area contributed by atoms with Gasteiger partial charge in [-0.1, -0.05) is 18.2 Å². The molecule has 10 nitrogen and oxygen atoms in total. The Kier molecular flexibility index (Phi) is 6.29. The van der Waals surface area contributed by atoms with Crippen molar-refractivity contribution in [1.82, 2.24) is 14.9 Å². The molecule has 4 rings (SSSR count). The lowest BCUT2D eigenvalue weighted by Crippen LogP contribution is -2.36.